The third-order valence-electron chi connectivity index (χ3n) is 6.33. The van der Waals surface area contributed by atoms with Crippen molar-refractivity contribution in [3.63, 3.8) is 0 Å². The van der Waals surface area contributed by atoms with Gasteiger partial charge in [-0.1, -0.05) is 66.7 Å². The Bertz CT molecular complexity index is 1690. The van der Waals surface area contributed by atoms with Crippen molar-refractivity contribution in [1.82, 2.24) is 5.43 Å². The minimum Gasteiger partial charge on any atom is -0.494 e. The Hall–Kier alpha value is -5.17. The lowest BCUT2D eigenvalue weighted by Gasteiger charge is -2.15. The van der Waals surface area contributed by atoms with Gasteiger partial charge in [-0.25, -0.2) is 10.2 Å². The highest BCUT2D eigenvalue weighted by molar-refractivity contribution is 6.04. The Morgan fingerprint density at radius 1 is 0.800 bits per heavy atom. The smallest absolute Gasteiger partial charge is 0.343 e. The number of nitrogens with one attached hydrogen (secondary N) is 1. The summed E-state index contributed by atoms with van der Waals surface area (Å²) in [6.45, 7) is 4.09. The number of fused-ring (bicyclic) bond motifs is 2. The van der Waals surface area contributed by atoms with Crippen molar-refractivity contribution in [3.05, 3.63) is 114 Å². The number of ether oxygens (including phenoxy) is 3. The number of carbonyl (C=O) groups excluding carboxylic acids is 2. The van der Waals surface area contributed by atoms with E-state index in [2.05, 4.69) is 10.5 Å². The van der Waals surface area contributed by atoms with E-state index in [1.807, 2.05) is 79.7 Å². The van der Waals surface area contributed by atoms with Crippen LogP contribution in [0.1, 0.15) is 29.8 Å². The molecule has 5 aromatic rings. The number of amides is 1. The van der Waals surface area contributed by atoms with Gasteiger partial charge in [0.1, 0.15) is 17.2 Å². The largest absolute Gasteiger partial charge is 0.494 e. The second-order valence-electron chi connectivity index (χ2n) is 9.02. The molecule has 40 heavy (non-hydrogen) atoms. The fourth-order valence-corrected chi connectivity index (χ4v) is 4.30. The molecule has 1 amide bonds. The molecule has 1 atom stereocenters. The normalized spacial score (nSPS) is 11.8. The van der Waals surface area contributed by atoms with Crippen LogP contribution in [0.15, 0.2) is 108 Å². The van der Waals surface area contributed by atoms with Crippen molar-refractivity contribution >= 4 is 39.6 Å². The van der Waals surface area contributed by atoms with Crippen LogP contribution in [0.2, 0.25) is 0 Å². The molecule has 0 fully saturated rings. The van der Waals surface area contributed by atoms with Gasteiger partial charge in [0.2, 0.25) is 0 Å². The highest BCUT2D eigenvalue weighted by atomic mass is 16.5. The lowest BCUT2D eigenvalue weighted by molar-refractivity contribution is -0.127. The first-order chi connectivity index (χ1) is 19.5. The minimum absolute atomic E-state index is 0.315. The molecule has 7 nitrogen and oxygen atoms in total. The Kier molecular flexibility index (Phi) is 8.02. The van der Waals surface area contributed by atoms with Crippen molar-refractivity contribution in [2.24, 2.45) is 5.10 Å². The van der Waals surface area contributed by atoms with Crippen LogP contribution in [0.25, 0.3) is 21.5 Å². The van der Waals surface area contributed by atoms with Crippen molar-refractivity contribution in [1.29, 1.82) is 0 Å². The predicted octanol–water partition coefficient (Wildman–Crippen LogP) is 6.53. The van der Waals surface area contributed by atoms with Gasteiger partial charge in [-0.3, -0.25) is 4.79 Å². The highest BCUT2D eigenvalue weighted by Gasteiger charge is 2.17. The Morgan fingerprint density at radius 2 is 1.48 bits per heavy atom. The van der Waals surface area contributed by atoms with Crippen LogP contribution in [0.3, 0.4) is 0 Å². The third kappa shape index (κ3) is 5.94. The molecule has 0 aliphatic carbocycles. The van der Waals surface area contributed by atoms with Crippen LogP contribution in [0.4, 0.5) is 0 Å². The summed E-state index contributed by atoms with van der Waals surface area (Å²) >= 11 is 0. The molecule has 0 spiro atoms. The molecule has 200 valence electrons. The van der Waals surface area contributed by atoms with Gasteiger partial charge in [0.25, 0.3) is 5.91 Å². The fraction of sp³-hybridized carbons (Fsp3) is 0.121. The first-order valence-corrected chi connectivity index (χ1v) is 13.0. The van der Waals surface area contributed by atoms with Crippen molar-refractivity contribution < 1.29 is 23.8 Å². The van der Waals surface area contributed by atoms with E-state index in [1.54, 1.807) is 37.3 Å². The molecular formula is C33H28N2O5. The molecule has 0 aliphatic heterocycles. The number of hydrogen-bond donors (Lipinski definition) is 1. The number of carbonyl (C=O) groups is 2. The van der Waals surface area contributed by atoms with E-state index in [4.69, 9.17) is 14.2 Å². The molecule has 0 saturated heterocycles. The standard InChI is InChI=1S/C33H28N2O5/c1-3-38-26-18-15-25(16-19-26)33(37)40-31-20-17-24-10-4-6-12-27(24)29(31)21-34-35-32(36)22(2)39-30-14-8-11-23-9-5-7-13-28(23)30/h4-22H,3H2,1-2H3,(H,35,36)/b34-21+. The summed E-state index contributed by atoms with van der Waals surface area (Å²) in [4.78, 5) is 25.7. The first-order valence-electron chi connectivity index (χ1n) is 13.0. The van der Waals surface area contributed by atoms with Gasteiger partial charge in [-0.2, -0.15) is 5.10 Å². The van der Waals surface area contributed by atoms with Crippen LogP contribution < -0.4 is 19.6 Å². The molecule has 0 bridgehead atoms. The van der Waals surface area contributed by atoms with Crippen molar-refractivity contribution in [3.8, 4) is 17.2 Å². The maximum Gasteiger partial charge on any atom is 0.343 e. The summed E-state index contributed by atoms with van der Waals surface area (Å²) in [6, 6.07) is 31.5. The Balaban J connectivity index is 1.33. The Labute approximate surface area is 232 Å². The van der Waals surface area contributed by atoms with Gasteiger partial charge in [-0.05, 0) is 66.4 Å². The zero-order chi connectivity index (χ0) is 27.9. The van der Waals surface area contributed by atoms with E-state index in [9.17, 15) is 9.59 Å². The van der Waals surface area contributed by atoms with Gasteiger partial charge in [0, 0.05) is 10.9 Å². The fourth-order valence-electron chi connectivity index (χ4n) is 4.30. The maximum absolute atomic E-state index is 12.9. The van der Waals surface area contributed by atoms with Gasteiger partial charge >= 0.3 is 5.97 Å². The summed E-state index contributed by atoms with van der Waals surface area (Å²) in [5, 5.41) is 7.87. The number of nitrogens with zero attached hydrogens (tertiary/aromatic N) is 1. The van der Waals surface area contributed by atoms with E-state index >= 15 is 0 Å². The van der Waals surface area contributed by atoms with Crippen LogP contribution >= 0.6 is 0 Å². The lowest BCUT2D eigenvalue weighted by atomic mass is 10.0. The quantitative estimate of drug-likeness (QED) is 0.101. The average Bonchev–Trinajstić information content (AvgIpc) is 2.98. The Morgan fingerprint density at radius 3 is 2.23 bits per heavy atom. The molecule has 0 saturated carbocycles. The van der Waals surface area contributed by atoms with Gasteiger partial charge < -0.3 is 14.2 Å². The van der Waals surface area contributed by atoms with E-state index in [0.29, 0.717) is 35.0 Å². The molecule has 1 N–H and O–H groups in total. The van der Waals surface area contributed by atoms with Crippen LogP contribution in [0, 0.1) is 0 Å². The zero-order valence-electron chi connectivity index (χ0n) is 22.2. The monoisotopic (exact) mass is 532 g/mol. The molecular weight excluding hydrogens is 504 g/mol. The van der Waals surface area contributed by atoms with E-state index in [0.717, 1.165) is 21.5 Å². The summed E-state index contributed by atoms with van der Waals surface area (Å²) in [7, 11) is 0. The number of rotatable bonds is 9. The van der Waals surface area contributed by atoms with Crippen LogP contribution in [-0.2, 0) is 4.79 Å². The summed E-state index contributed by atoms with van der Waals surface area (Å²) in [6.07, 6.45) is 0.679. The first kappa shape index (κ1) is 26.4. The topological polar surface area (TPSA) is 86.2 Å². The molecule has 0 aromatic heterocycles. The number of hydrazone groups is 1. The SMILES string of the molecule is CCOc1ccc(C(=O)Oc2ccc3ccccc3c2/C=N/NC(=O)C(C)Oc2cccc3ccccc23)cc1. The highest BCUT2D eigenvalue weighted by Crippen LogP contribution is 2.28. The summed E-state index contributed by atoms with van der Waals surface area (Å²) in [5.74, 6) is 0.663. The zero-order valence-corrected chi connectivity index (χ0v) is 22.2. The van der Waals surface area contributed by atoms with Crippen molar-refractivity contribution in [2.45, 2.75) is 20.0 Å². The summed E-state index contributed by atoms with van der Waals surface area (Å²) < 4.78 is 17.1. The lowest BCUT2D eigenvalue weighted by Crippen LogP contribution is -2.33. The number of benzene rings is 5. The third-order valence-corrected chi connectivity index (χ3v) is 6.33. The van der Waals surface area contributed by atoms with E-state index < -0.39 is 18.0 Å². The molecule has 0 aliphatic rings. The molecule has 5 aromatic carbocycles. The molecule has 1 unspecified atom stereocenters. The molecule has 0 heterocycles. The maximum atomic E-state index is 12.9. The summed E-state index contributed by atoms with van der Waals surface area (Å²) in [5.41, 5.74) is 3.48. The number of hydrogen-bond acceptors (Lipinski definition) is 6. The second-order valence-corrected chi connectivity index (χ2v) is 9.02. The molecule has 0 radical (unpaired) electrons. The minimum atomic E-state index is -0.799. The van der Waals surface area contributed by atoms with Gasteiger partial charge in [0.05, 0.1) is 18.4 Å². The number of esters is 1. The van der Waals surface area contributed by atoms with E-state index in [1.165, 1.54) is 6.21 Å². The van der Waals surface area contributed by atoms with Crippen LogP contribution in [0.5, 0.6) is 17.2 Å². The molecule has 7 heteroatoms. The molecule has 5 rings (SSSR count). The average molecular weight is 533 g/mol. The van der Waals surface area contributed by atoms with Gasteiger partial charge in [-0.15, -0.1) is 0 Å². The predicted molar refractivity (Wildman–Crippen MR) is 156 cm³/mol. The van der Waals surface area contributed by atoms with Crippen LogP contribution in [-0.4, -0.2) is 30.8 Å². The second kappa shape index (κ2) is 12.1. The van der Waals surface area contributed by atoms with Crippen molar-refractivity contribution in [2.75, 3.05) is 6.61 Å². The van der Waals surface area contributed by atoms with E-state index in [-0.39, 0.29) is 0 Å². The van der Waals surface area contributed by atoms with Gasteiger partial charge in [0.15, 0.2) is 6.10 Å².